The highest BCUT2D eigenvalue weighted by molar-refractivity contribution is 8.03. The van der Waals surface area contributed by atoms with Crippen LogP contribution in [-0.4, -0.2) is 13.8 Å². The van der Waals surface area contributed by atoms with E-state index in [2.05, 4.69) is 185 Å². The Morgan fingerprint density at radius 2 is 1.35 bits per heavy atom. The predicted molar refractivity (Wildman–Crippen MR) is 233 cm³/mol. The van der Waals surface area contributed by atoms with E-state index in [1.165, 1.54) is 65.7 Å². The second kappa shape index (κ2) is 13.2. The van der Waals surface area contributed by atoms with Crippen LogP contribution in [0.1, 0.15) is 53.3 Å². The zero-order valence-electron chi connectivity index (χ0n) is 31.4. The molecular formula is C50H43N3S. The molecule has 3 nitrogen and oxygen atoms in total. The van der Waals surface area contributed by atoms with Crippen LogP contribution in [-0.2, 0) is 5.41 Å². The zero-order valence-corrected chi connectivity index (χ0v) is 32.2. The number of nitrogens with zero attached hydrogens (tertiary/aromatic N) is 1. The van der Waals surface area contributed by atoms with E-state index >= 15 is 0 Å². The fourth-order valence-electron chi connectivity index (χ4n) is 8.75. The molecule has 0 amide bonds. The van der Waals surface area contributed by atoms with Crippen molar-refractivity contribution in [1.82, 2.24) is 0 Å². The standard InChI is InChI=1S/C50H43N3S/c1-30-15-7-8-16-34(30)46-31(2)23-24-32-27-40(37-18-10-13-21-43(37)51-5)44(29-39(32)46)53-48-38-19-11-14-22-45(38)54-49(48)47(52-6)33-25-26-36-35-17-9-12-20-41(35)50(3,4)42(36)28-33/h7-29,48,51,53H,6H2,1-5H3/b49-47+. The first-order valence-corrected chi connectivity index (χ1v) is 19.5. The van der Waals surface area contributed by atoms with Gasteiger partial charge in [0.25, 0.3) is 0 Å². The smallest absolute Gasteiger partial charge is 0.0862 e. The van der Waals surface area contributed by atoms with Gasteiger partial charge in [0.15, 0.2) is 0 Å². The van der Waals surface area contributed by atoms with Crippen LogP contribution in [0.2, 0.25) is 0 Å². The zero-order chi connectivity index (χ0) is 37.1. The molecule has 0 saturated heterocycles. The van der Waals surface area contributed by atoms with Crippen LogP contribution in [0.4, 0.5) is 11.4 Å². The number of thioether (sulfide) groups is 1. The van der Waals surface area contributed by atoms with E-state index < -0.39 is 0 Å². The summed E-state index contributed by atoms with van der Waals surface area (Å²) in [5.41, 5.74) is 17.9. The summed E-state index contributed by atoms with van der Waals surface area (Å²) in [6, 6.07) is 50.8. The Morgan fingerprint density at radius 3 is 2.15 bits per heavy atom. The molecule has 0 saturated carbocycles. The molecule has 0 spiro atoms. The van der Waals surface area contributed by atoms with E-state index in [0.717, 1.165) is 38.7 Å². The number of nitrogens with one attached hydrogen (secondary N) is 2. The van der Waals surface area contributed by atoms with Crippen molar-refractivity contribution in [1.29, 1.82) is 0 Å². The first-order valence-electron chi connectivity index (χ1n) is 18.7. The van der Waals surface area contributed by atoms with Crippen molar-refractivity contribution < 1.29 is 0 Å². The highest BCUT2D eigenvalue weighted by atomic mass is 32.2. The maximum Gasteiger partial charge on any atom is 0.0862 e. The molecule has 4 heteroatoms. The fourth-order valence-corrected chi connectivity index (χ4v) is 10.0. The molecule has 0 fully saturated rings. The fraction of sp³-hybridized carbons (Fsp3) is 0.140. The average molecular weight is 718 g/mol. The lowest BCUT2D eigenvalue weighted by molar-refractivity contribution is 0.660. The normalized spacial score (nSPS) is 16.1. The molecule has 2 N–H and O–H groups in total. The van der Waals surface area contributed by atoms with E-state index in [1.807, 2.05) is 7.05 Å². The van der Waals surface area contributed by atoms with Gasteiger partial charge in [0.05, 0.1) is 11.7 Å². The van der Waals surface area contributed by atoms with Gasteiger partial charge in [-0.1, -0.05) is 135 Å². The number of para-hydroxylation sites is 1. The van der Waals surface area contributed by atoms with Crippen molar-refractivity contribution in [2.24, 2.45) is 4.99 Å². The third-order valence-corrected chi connectivity index (χ3v) is 12.8. The lowest BCUT2D eigenvalue weighted by Crippen LogP contribution is -2.15. The molecule has 7 aromatic carbocycles. The largest absolute Gasteiger partial charge is 0.388 e. The number of anilines is 2. The van der Waals surface area contributed by atoms with E-state index in [0.29, 0.717) is 0 Å². The second-order valence-electron chi connectivity index (χ2n) is 15.0. The van der Waals surface area contributed by atoms with Gasteiger partial charge in [0.2, 0.25) is 0 Å². The average Bonchev–Trinajstić information content (AvgIpc) is 3.66. The van der Waals surface area contributed by atoms with Crippen LogP contribution in [0.25, 0.3) is 49.9 Å². The quantitative estimate of drug-likeness (QED) is 0.161. The van der Waals surface area contributed by atoms with Gasteiger partial charge in [0.1, 0.15) is 0 Å². The molecule has 7 aromatic rings. The SMILES string of the molecule is C=N/C(=C1/Sc2ccccc2C1Nc1cc2c(-c3ccccc3C)c(C)ccc2cc1-c1ccccc1NC)c1ccc2c(c1)C(C)(C)c1ccccc1-2. The van der Waals surface area contributed by atoms with Crippen molar-refractivity contribution in [3.8, 4) is 33.4 Å². The minimum absolute atomic E-state index is 0.115. The van der Waals surface area contributed by atoms with Gasteiger partial charge in [0, 0.05) is 50.3 Å². The molecule has 0 radical (unpaired) electrons. The van der Waals surface area contributed by atoms with Crippen molar-refractivity contribution in [3.63, 3.8) is 0 Å². The summed E-state index contributed by atoms with van der Waals surface area (Å²) in [5.74, 6) is 0. The Hall–Kier alpha value is -5.84. The molecule has 1 unspecified atom stereocenters. The van der Waals surface area contributed by atoms with Gasteiger partial charge >= 0.3 is 0 Å². The summed E-state index contributed by atoms with van der Waals surface area (Å²) in [5, 5.41) is 10.0. The lowest BCUT2D eigenvalue weighted by atomic mass is 9.82. The third kappa shape index (κ3) is 5.39. The minimum atomic E-state index is -0.144. The second-order valence-corrected chi connectivity index (χ2v) is 16.1. The van der Waals surface area contributed by atoms with E-state index in [1.54, 1.807) is 11.8 Å². The summed E-state index contributed by atoms with van der Waals surface area (Å²) in [6.45, 7) is 13.3. The molecule has 54 heavy (non-hydrogen) atoms. The van der Waals surface area contributed by atoms with Crippen LogP contribution < -0.4 is 10.6 Å². The first kappa shape index (κ1) is 34.0. The van der Waals surface area contributed by atoms with Gasteiger partial charge < -0.3 is 10.6 Å². The third-order valence-electron chi connectivity index (χ3n) is 11.5. The summed E-state index contributed by atoms with van der Waals surface area (Å²) in [4.78, 5) is 7.21. The number of rotatable bonds is 7. The summed E-state index contributed by atoms with van der Waals surface area (Å²) < 4.78 is 0. The van der Waals surface area contributed by atoms with Crippen molar-refractivity contribution >= 4 is 46.3 Å². The number of hydrogen-bond donors (Lipinski definition) is 2. The number of fused-ring (bicyclic) bond motifs is 5. The van der Waals surface area contributed by atoms with E-state index in [-0.39, 0.29) is 11.5 Å². The topological polar surface area (TPSA) is 36.4 Å². The van der Waals surface area contributed by atoms with Crippen LogP contribution in [0.15, 0.2) is 154 Å². The Kier molecular flexibility index (Phi) is 8.32. The van der Waals surface area contributed by atoms with Crippen LogP contribution in [0.5, 0.6) is 0 Å². The molecule has 2 aliphatic rings. The highest BCUT2D eigenvalue weighted by Gasteiger charge is 2.37. The van der Waals surface area contributed by atoms with Crippen LogP contribution in [0, 0.1) is 13.8 Å². The number of aryl methyl sites for hydroxylation is 2. The van der Waals surface area contributed by atoms with E-state index in [9.17, 15) is 0 Å². The maximum atomic E-state index is 4.83. The van der Waals surface area contributed by atoms with Crippen LogP contribution in [0.3, 0.4) is 0 Å². The van der Waals surface area contributed by atoms with Crippen LogP contribution >= 0.6 is 11.8 Å². The molecule has 0 bridgehead atoms. The molecule has 9 rings (SSSR count). The molecule has 1 aliphatic carbocycles. The molecule has 1 heterocycles. The van der Waals surface area contributed by atoms with Crippen molar-refractivity contribution in [2.45, 2.75) is 44.0 Å². The van der Waals surface area contributed by atoms with Gasteiger partial charge in [-0.2, -0.15) is 0 Å². The summed E-state index contributed by atoms with van der Waals surface area (Å²) in [7, 11) is 2.00. The lowest BCUT2D eigenvalue weighted by Gasteiger charge is -2.24. The minimum Gasteiger partial charge on any atom is -0.388 e. The maximum absolute atomic E-state index is 4.83. The molecule has 0 aromatic heterocycles. The number of aliphatic imine (C=N–C) groups is 1. The van der Waals surface area contributed by atoms with Gasteiger partial charge in [-0.3, -0.25) is 4.99 Å². The highest BCUT2D eigenvalue weighted by Crippen LogP contribution is 2.54. The first-order chi connectivity index (χ1) is 26.3. The predicted octanol–water partition coefficient (Wildman–Crippen LogP) is 13.5. The summed E-state index contributed by atoms with van der Waals surface area (Å²) in [6.07, 6.45) is 0. The molecular weight excluding hydrogens is 675 g/mol. The number of hydrogen-bond acceptors (Lipinski definition) is 4. The van der Waals surface area contributed by atoms with Crippen molar-refractivity contribution in [3.05, 3.63) is 178 Å². The Labute approximate surface area is 322 Å². The Morgan fingerprint density at radius 1 is 0.648 bits per heavy atom. The summed E-state index contributed by atoms with van der Waals surface area (Å²) >= 11 is 1.80. The molecule has 1 atom stereocenters. The Bertz CT molecular complexity index is 2680. The molecule has 264 valence electrons. The Balaban J connectivity index is 1.26. The molecule has 1 aliphatic heterocycles. The van der Waals surface area contributed by atoms with E-state index in [4.69, 9.17) is 4.99 Å². The van der Waals surface area contributed by atoms with Gasteiger partial charge in [-0.05, 0) is 112 Å². The van der Waals surface area contributed by atoms with Gasteiger partial charge in [-0.15, -0.1) is 0 Å². The van der Waals surface area contributed by atoms with Gasteiger partial charge in [-0.25, -0.2) is 0 Å². The van der Waals surface area contributed by atoms with Crippen molar-refractivity contribution in [2.75, 3.05) is 17.7 Å². The monoisotopic (exact) mass is 717 g/mol. The number of benzene rings is 7.